The summed E-state index contributed by atoms with van der Waals surface area (Å²) in [7, 11) is 3.15. The van der Waals surface area contributed by atoms with Crippen LogP contribution in [0.2, 0.25) is 0 Å². The highest BCUT2D eigenvalue weighted by Crippen LogP contribution is 2.27. The molecular weight excluding hydrogens is 302 g/mol. The summed E-state index contributed by atoms with van der Waals surface area (Å²) >= 11 is 0. The van der Waals surface area contributed by atoms with Crippen LogP contribution in [0.15, 0.2) is 28.8 Å². The van der Waals surface area contributed by atoms with E-state index in [2.05, 4.69) is 5.16 Å². The molecule has 2 aromatic rings. The lowest BCUT2D eigenvalue weighted by Crippen LogP contribution is -2.07. The van der Waals surface area contributed by atoms with Gasteiger partial charge in [0.15, 0.2) is 5.76 Å². The van der Waals surface area contributed by atoms with E-state index in [1.165, 1.54) is 0 Å². The van der Waals surface area contributed by atoms with E-state index in [0.717, 1.165) is 0 Å². The van der Waals surface area contributed by atoms with Gasteiger partial charge in [0.25, 0.3) is 0 Å². The van der Waals surface area contributed by atoms with Crippen LogP contribution in [-0.2, 0) is 15.9 Å². The largest absolute Gasteiger partial charge is 0.497 e. The van der Waals surface area contributed by atoms with Gasteiger partial charge in [0.2, 0.25) is 0 Å². The topological polar surface area (TPSA) is 91.0 Å². The normalized spacial score (nSPS) is 10.7. The van der Waals surface area contributed by atoms with Crippen molar-refractivity contribution in [2.24, 2.45) is 0 Å². The number of hydrogen-bond acceptors (Lipinski definition) is 6. The molecule has 7 nitrogen and oxygen atoms in total. The quantitative estimate of drug-likeness (QED) is 0.708. The smallest absolute Gasteiger partial charge is 0.341 e. The van der Waals surface area contributed by atoms with E-state index in [1.807, 2.05) is 0 Å². The van der Waals surface area contributed by atoms with E-state index in [9.17, 15) is 9.90 Å². The van der Waals surface area contributed by atoms with Crippen molar-refractivity contribution in [2.75, 3.05) is 34.0 Å². The summed E-state index contributed by atoms with van der Waals surface area (Å²) in [6.07, 6.45) is 0.328. The molecule has 1 heterocycles. The zero-order chi connectivity index (χ0) is 16.7. The fourth-order valence-corrected chi connectivity index (χ4v) is 2.07. The Hall–Kier alpha value is -2.38. The lowest BCUT2D eigenvalue weighted by atomic mass is 10.0. The average molecular weight is 321 g/mol. The second kappa shape index (κ2) is 8.30. The molecule has 1 aromatic heterocycles. The van der Waals surface area contributed by atoms with E-state index in [1.54, 1.807) is 38.5 Å². The van der Waals surface area contributed by atoms with Crippen molar-refractivity contribution in [3.05, 3.63) is 35.6 Å². The molecule has 0 amide bonds. The molecule has 0 aliphatic carbocycles. The highest BCUT2D eigenvalue weighted by atomic mass is 16.5. The number of carboxylic acids is 1. The van der Waals surface area contributed by atoms with Crippen molar-refractivity contribution in [2.45, 2.75) is 6.42 Å². The first-order valence-corrected chi connectivity index (χ1v) is 7.10. The number of aromatic nitrogens is 1. The summed E-state index contributed by atoms with van der Waals surface area (Å²) in [6, 6.07) is 6.95. The first-order valence-electron chi connectivity index (χ1n) is 7.10. The Kier molecular flexibility index (Phi) is 6.13. The standard InChI is InChI=1S/C16H19NO6/c1-20-9-10-22-8-7-13-14(16(18)19)15(17-23-13)11-3-5-12(21-2)6-4-11/h3-6H,7-10H2,1-2H3,(H,18,19). The third-order valence-corrected chi connectivity index (χ3v) is 3.25. The molecule has 0 atom stereocenters. The number of methoxy groups -OCH3 is 2. The Morgan fingerprint density at radius 2 is 1.91 bits per heavy atom. The van der Waals surface area contributed by atoms with Crippen molar-refractivity contribution in [3.63, 3.8) is 0 Å². The summed E-state index contributed by atoms with van der Waals surface area (Å²) in [5.74, 6) is -0.106. The van der Waals surface area contributed by atoms with Crippen molar-refractivity contribution < 1.29 is 28.6 Å². The van der Waals surface area contributed by atoms with Gasteiger partial charge in [-0.25, -0.2) is 4.79 Å². The Morgan fingerprint density at radius 1 is 1.17 bits per heavy atom. The van der Waals surface area contributed by atoms with Crippen LogP contribution >= 0.6 is 0 Å². The van der Waals surface area contributed by atoms with E-state index >= 15 is 0 Å². The zero-order valence-electron chi connectivity index (χ0n) is 13.1. The maximum atomic E-state index is 11.5. The molecule has 23 heavy (non-hydrogen) atoms. The van der Waals surface area contributed by atoms with Crippen molar-refractivity contribution >= 4 is 5.97 Å². The molecule has 0 radical (unpaired) electrons. The minimum absolute atomic E-state index is 0.0607. The number of carboxylic acid groups (broad SMARTS) is 1. The molecule has 1 N–H and O–H groups in total. The van der Waals surface area contributed by atoms with Gasteiger partial charge in [0.05, 0.1) is 26.9 Å². The molecule has 0 spiro atoms. The van der Waals surface area contributed by atoms with Gasteiger partial charge >= 0.3 is 5.97 Å². The number of carbonyl (C=O) groups is 1. The van der Waals surface area contributed by atoms with Crippen LogP contribution in [0.4, 0.5) is 0 Å². The highest BCUT2D eigenvalue weighted by Gasteiger charge is 2.23. The predicted octanol–water partition coefficient (Wildman–Crippen LogP) is 2.25. The number of aromatic carboxylic acids is 1. The van der Waals surface area contributed by atoms with E-state index in [4.69, 9.17) is 18.7 Å². The van der Waals surface area contributed by atoms with Crippen LogP contribution in [0.1, 0.15) is 16.1 Å². The van der Waals surface area contributed by atoms with Crippen molar-refractivity contribution in [1.29, 1.82) is 0 Å². The van der Waals surface area contributed by atoms with E-state index < -0.39 is 5.97 Å². The number of rotatable bonds is 9. The number of nitrogens with zero attached hydrogens (tertiary/aromatic N) is 1. The summed E-state index contributed by atoms with van der Waals surface area (Å²) in [5.41, 5.74) is 1.01. The molecule has 1 aromatic carbocycles. The van der Waals surface area contributed by atoms with Gasteiger partial charge in [0.1, 0.15) is 17.0 Å². The number of benzene rings is 1. The summed E-state index contributed by atoms with van der Waals surface area (Å²) < 4.78 is 20.5. The molecule has 2 rings (SSSR count). The van der Waals surface area contributed by atoms with Gasteiger partial charge < -0.3 is 23.8 Å². The molecule has 7 heteroatoms. The predicted molar refractivity (Wildman–Crippen MR) is 81.8 cm³/mol. The van der Waals surface area contributed by atoms with Crippen LogP contribution in [0.5, 0.6) is 5.75 Å². The van der Waals surface area contributed by atoms with Crippen LogP contribution in [0.3, 0.4) is 0 Å². The highest BCUT2D eigenvalue weighted by molar-refractivity contribution is 5.95. The molecule has 0 unspecified atom stereocenters. The molecule has 0 saturated heterocycles. The maximum Gasteiger partial charge on any atom is 0.341 e. The third kappa shape index (κ3) is 4.30. The number of ether oxygens (including phenoxy) is 3. The Bertz CT molecular complexity index is 635. The fourth-order valence-electron chi connectivity index (χ4n) is 2.07. The SMILES string of the molecule is COCCOCCc1onc(-c2ccc(OC)cc2)c1C(=O)O. The Balaban J connectivity index is 2.15. The Labute approximate surface area is 133 Å². The average Bonchev–Trinajstić information content (AvgIpc) is 2.99. The molecule has 0 fully saturated rings. The summed E-state index contributed by atoms with van der Waals surface area (Å²) in [6.45, 7) is 1.26. The fraction of sp³-hybridized carbons (Fsp3) is 0.375. The minimum Gasteiger partial charge on any atom is -0.497 e. The molecular formula is C16H19NO6. The summed E-state index contributed by atoms with van der Waals surface area (Å²) in [4.78, 5) is 11.5. The first kappa shape index (κ1) is 17.0. The second-order valence-corrected chi connectivity index (χ2v) is 4.72. The van der Waals surface area contributed by atoms with Crippen LogP contribution < -0.4 is 4.74 Å². The lowest BCUT2D eigenvalue weighted by Gasteiger charge is -2.03. The van der Waals surface area contributed by atoms with Crippen molar-refractivity contribution in [1.82, 2.24) is 5.16 Å². The van der Waals surface area contributed by atoms with Crippen molar-refractivity contribution in [3.8, 4) is 17.0 Å². The monoisotopic (exact) mass is 321 g/mol. The Morgan fingerprint density at radius 3 is 2.52 bits per heavy atom. The molecule has 124 valence electrons. The van der Waals surface area contributed by atoms with Gasteiger partial charge in [-0.05, 0) is 24.3 Å². The van der Waals surface area contributed by atoms with Crippen LogP contribution in [0.25, 0.3) is 11.3 Å². The van der Waals surface area contributed by atoms with Gasteiger partial charge in [-0.3, -0.25) is 0 Å². The van der Waals surface area contributed by atoms with Crippen LogP contribution in [0, 0.1) is 0 Å². The zero-order valence-corrected chi connectivity index (χ0v) is 13.1. The maximum absolute atomic E-state index is 11.5. The van der Waals surface area contributed by atoms with Gasteiger partial charge in [-0.15, -0.1) is 0 Å². The van der Waals surface area contributed by atoms with Gasteiger partial charge in [-0.2, -0.15) is 0 Å². The first-order chi connectivity index (χ1) is 11.2. The lowest BCUT2D eigenvalue weighted by molar-refractivity contribution is 0.0671. The van der Waals surface area contributed by atoms with E-state index in [0.29, 0.717) is 49.0 Å². The van der Waals surface area contributed by atoms with E-state index in [-0.39, 0.29) is 5.56 Å². The second-order valence-electron chi connectivity index (χ2n) is 4.72. The number of hydrogen-bond donors (Lipinski definition) is 1. The summed E-state index contributed by atoms with van der Waals surface area (Å²) in [5, 5.41) is 13.4. The third-order valence-electron chi connectivity index (χ3n) is 3.25. The minimum atomic E-state index is -1.08. The molecule has 0 aliphatic heterocycles. The molecule has 0 aliphatic rings. The van der Waals surface area contributed by atoms with Gasteiger partial charge in [-0.1, -0.05) is 5.16 Å². The van der Waals surface area contributed by atoms with Crippen LogP contribution in [-0.4, -0.2) is 50.3 Å². The van der Waals surface area contributed by atoms with Gasteiger partial charge in [0, 0.05) is 19.1 Å². The molecule has 0 bridgehead atoms. The molecule has 0 saturated carbocycles.